The maximum absolute atomic E-state index is 12.2. The molecule has 0 saturated carbocycles. The van der Waals surface area contributed by atoms with Crippen LogP contribution in [-0.2, 0) is 14.8 Å². The fourth-order valence-electron chi connectivity index (χ4n) is 2.22. The van der Waals surface area contributed by atoms with Gasteiger partial charge < -0.3 is 9.64 Å². The van der Waals surface area contributed by atoms with Gasteiger partial charge >= 0.3 is 0 Å². The zero-order valence-corrected chi connectivity index (χ0v) is 15.0. The van der Waals surface area contributed by atoms with Gasteiger partial charge in [0.2, 0.25) is 10.0 Å². The second kappa shape index (κ2) is 7.70. The van der Waals surface area contributed by atoms with Crippen LogP contribution in [0.25, 0.3) is 0 Å². The lowest BCUT2D eigenvalue weighted by Gasteiger charge is -2.33. The summed E-state index contributed by atoms with van der Waals surface area (Å²) in [5.41, 5.74) is 0. The largest absolute Gasteiger partial charge is 0.482 e. The summed E-state index contributed by atoms with van der Waals surface area (Å²) in [5.74, 6) is 0.200. The zero-order valence-electron chi connectivity index (χ0n) is 12.7. The Morgan fingerprint density at radius 3 is 2.48 bits per heavy atom. The van der Waals surface area contributed by atoms with Crippen LogP contribution in [0.3, 0.4) is 0 Å². The van der Waals surface area contributed by atoms with Crippen LogP contribution in [0.4, 0.5) is 0 Å². The number of carbonyl (C=O) groups is 1. The first kappa shape index (κ1) is 18.3. The van der Waals surface area contributed by atoms with E-state index in [2.05, 4.69) is 0 Å². The molecule has 6 nitrogen and oxygen atoms in total. The highest BCUT2D eigenvalue weighted by molar-refractivity contribution is 7.89. The van der Waals surface area contributed by atoms with E-state index in [9.17, 15) is 13.2 Å². The number of ether oxygens (including phenoxy) is 1. The van der Waals surface area contributed by atoms with Crippen LogP contribution in [0, 0.1) is 0 Å². The second-order valence-electron chi connectivity index (χ2n) is 5.04. The van der Waals surface area contributed by atoms with E-state index in [4.69, 9.17) is 27.9 Å². The van der Waals surface area contributed by atoms with E-state index < -0.39 is 10.0 Å². The summed E-state index contributed by atoms with van der Waals surface area (Å²) >= 11 is 11.8. The van der Waals surface area contributed by atoms with Crippen LogP contribution >= 0.6 is 23.2 Å². The summed E-state index contributed by atoms with van der Waals surface area (Å²) in [6.07, 6.45) is 0. The van der Waals surface area contributed by atoms with Crippen molar-refractivity contribution in [3.8, 4) is 5.75 Å². The lowest BCUT2D eigenvalue weighted by molar-refractivity contribution is -0.134. The van der Waals surface area contributed by atoms with Gasteiger partial charge in [-0.15, -0.1) is 0 Å². The number of rotatable bonds is 5. The molecular formula is C14H18Cl2N2O4S. The Bertz CT molecular complexity index is 673. The van der Waals surface area contributed by atoms with Crippen molar-refractivity contribution in [1.29, 1.82) is 0 Å². The van der Waals surface area contributed by atoms with Crippen molar-refractivity contribution in [1.82, 2.24) is 9.21 Å². The van der Waals surface area contributed by atoms with Crippen LogP contribution < -0.4 is 4.74 Å². The van der Waals surface area contributed by atoms with Gasteiger partial charge in [-0.05, 0) is 19.1 Å². The molecule has 1 aromatic rings. The summed E-state index contributed by atoms with van der Waals surface area (Å²) in [4.78, 5) is 13.7. The Labute approximate surface area is 146 Å². The van der Waals surface area contributed by atoms with Crippen molar-refractivity contribution in [2.45, 2.75) is 6.92 Å². The molecule has 1 amide bonds. The summed E-state index contributed by atoms with van der Waals surface area (Å²) < 4.78 is 30.4. The molecular weight excluding hydrogens is 363 g/mol. The average Bonchev–Trinajstić information content (AvgIpc) is 2.55. The van der Waals surface area contributed by atoms with Crippen LogP contribution in [0.1, 0.15) is 6.92 Å². The molecule has 1 aliphatic heterocycles. The molecule has 1 fully saturated rings. The van der Waals surface area contributed by atoms with E-state index in [0.717, 1.165) is 0 Å². The minimum atomic E-state index is -3.20. The first-order valence-electron chi connectivity index (χ1n) is 7.17. The molecule has 1 aromatic carbocycles. The third kappa shape index (κ3) is 4.73. The molecule has 128 valence electrons. The molecule has 0 radical (unpaired) electrons. The van der Waals surface area contributed by atoms with Gasteiger partial charge in [-0.1, -0.05) is 23.2 Å². The van der Waals surface area contributed by atoms with Crippen LogP contribution in [0.5, 0.6) is 5.75 Å². The van der Waals surface area contributed by atoms with Gasteiger partial charge in [-0.3, -0.25) is 4.79 Å². The summed E-state index contributed by atoms with van der Waals surface area (Å²) in [6, 6.07) is 4.77. The van der Waals surface area contributed by atoms with E-state index in [1.165, 1.54) is 4.31 Å². The van der Waals surface area contributed by atoms with Gasteiger partial charge in [-0.25, -0.2) is 8.42 Å². The fraction of sp³-hybridized carbons (Fsp3) is 0.500. The number of benzene rings is 1. The van der Waals surface area contributed by atoms with Gasteiger partial charge in [0.05, 0.1) is 10.8 Å². The molecule has 0 spiro atoms. The van der Waals surface area contributed by atoms with Crippen LogP contribution in [0.15, 0.2) is 18.2 Å². The van der Waals surface area contributed by atoms with Gasteiger partial charge in [0.1, 0.15) is 5.75 Å². The fourth-order valence-corrected chi connectivity index (χ4v) is 3.64. The number of hydrogen-bond donors (Lipinski definition) is 0. The molecule has 1 heterocycles. The Hall–Kier alpha value is -1.02. The van der Waals surface area contributed by atoms with Gasteiger partial charge in [-0.2, -0.15) is 4.31 Å². The highest BCUT2D eigenvalue weighted by Crippen LogP contribution is 2.27. The third-order valence-electron chi connectivity index (χ3n) is 3.59. The topological polar surface area (TPSA) is 66.9 Å². The first-order valence-corrected chi connectivity index (χ1v) is 9.53. The van der Waals surface area contributed by atoms with E-state index >= 15 is 0 Å². The second-order valence-corrected chi connectivity index (χ2v) is 8.15. The first-order chi connectivity index (χ1) is 10.8. The predicted octanol–water partition coefficient (Wildman–Crippen LogP) is 1.87. The Balaban J connectivity index is 1.87. The number of halogens is 2. The lowest BCUT2D eigenvalue weighted by atomic mass is 10.3. The van der Waals surface area contributed by atoms with E-state index in [1.54, 1.807) is 30.0 Å². The van der Waals surface area contributed by atoms with Crippen molar-refractivity contribution in [2.24, 2.45) is 0 Å². The number of hydrogen-bond acceptors (Lipinski definition) is 4. The Morgan fingerprint density at radius 2 is 1.87 bits per heavy atom. The molecule has 23 heavy (non-hydrogen) atoms. The molecule has 0 bridgehead atoms. The number of amides is 1. The molecule has 2 rings (SSSR count). The van der Waals surface area contributed by atoms with Gasteiger partial charge in [0, 0.05) is 37.3 Å². The average molecular weight is 381 g/mol. The molecule has 0 atom stereocenters. The number of piperazine rings is 1. The SMILES string of the molecule is CCS(=O)(=O)N1CCN(C(=O)COc2cc(Cl)ccc2Cl)CC1. The van der Waals surface area contributed by atoms with E-state index in [0.29, 0.717) is 42.0 Å². The molecule has 0 aromatic heterocycles. The summed E-state index contributed by atoms with van der Waals surface area (Å²) in [7, 11) is -3.20. The highest BCUT2D eigenvalue weighted by Gasteiger charge is 2.27. The molecule has 1 aliphatic rings. The smallest absolute Gasteiger partial charge is 0.260 e. The monoisotopic (exact) mass is 380 g/mol. The molecule has 0 aliphatic carbocycles. The Morgan fingerprint density at radius 1 is 1.22 bits per heavy atom. The normalized spacial score (nSPS) is 16.4. The highest BCUT2D eigenvalue weighted by atomic mass is 35.5. The van der Waals surface area contributed by atoms with Crippen LogP contribution in [0.2, 0.25) is 10.0 Å². The summed E-state index contributed by atoms with van der Waals surface area (Å²) in [5, 5.41) is 0.844. The number of carbonyl (C=O) groups excluding carboxylic acids is 1. The molecule has 1 saturated heterocycles. The standard InChI is InChI=1S/C14H18Cl2N2O4S/c1-2-23(20,21)18-7-5-17(6-8-18)14(19)10-22-13-9-11(15)3-4-12(13)16/h3-4,9H,2,5-8,10H2,1H3. The van der Waals surface area contributed by atoms with E-state index in [-0.39, 0.29) is 18.3 Å². The third-order valence-corrected chi connectivity index (χ3v) is 6.02. The molecule has 0 N–H and O–H groups in total. The number of nitrogens with zero attached hydrogens (tertiary/aromatic N) is 2. The van der Waals surface area contributed by atoms with Crippen molar-refractivity contribution < 1.29 is 17.9 Å². The quantitative estimate of drug-likeness (QED) is 0.781. The summed E-state index contributed by atoms with van der Waals surface area (Å²) in [6.45, 7) is 2.76. The number of sulfonamides is 1. The minimum Gasteiger partial charge on any atom is -0.482 e. The van der Waals surface area contributed by atoms with Gasteiger partial charge in [0.15, 0.2) is 6.61 Å². The van der Waals surface area contributed by atoms with Crippen LogP contribution in [-0.4, -0.2) is 62.1 Å². The zero-order chi connectivity index (χ0) is 17.0. The van der Waals surface area contributed by atoms with E-state index in [1.807, 2.05) is 0 Å². The van der Waals surface area contributed by atoms with Crippen molar-refractivity contribution >= 4 is 39.1 Å². The Kier molecular flexibility index (Phi) is 6.13. The predicted molar refractivity (Wildman–Crippen MR) is 89.6 cm³/mol. The lowest BCUT2D eigenvalue weighted by Crippen LogP contribution is -2.51. The molecule has 9 heteroatoms. The maximum atomic E-state index is 12.2. The van der Waals surface area contributed by atoms with Crippen molar-refractivity contribution in [2.75, 3.05) is 38.5 Å². The maximum Gasteiger partial charge on any atom is 0.260 e. The van der Waals surface area contributed by atoms with Crippen molar-refractivity contribution in [3.05, 3.63) is 28.2 Å². The molecule has 0 unspecified atom stereocenters. The van der Waals surface area contributed by atoms with Crippen molar-refractivity contribution in [3.63, 3.8) is 0 Å². The van der Waals surface area contributed by atoms with Gasteiger partial charge in [0.25, 0.3) is 5.91 Å². The minimum absolute atomic E-state index is 0.0668.